The molecule has 21 heavy (non-hydrogen) atoms. The molecule has 3 heterocycles. The number of amides is 1. The Morgan fingerprint density at radius 2 is 2.29 bits per heavy atom. The minimum atomic E-state index is 0.0556. The van der Waals surface area contributed by atoms with Gasteiger partial charge in [-0.25, -0.2) is 4.98 Å². The second-order valence-corrected chi connectivity index (χ2v) is 5.36. The second kappa shape index (κ2) is 5.69. The topological polar surface area (TPSA) is 58.4 Å². The number of nitrogens with zero attached hydrogens (tertiary/aromatic N) is 2. The number of piperazine rings is 1. The number of carbonyl (C=O) groups is 1. The van der Waals surface area contributed by atoms with Gasteiger partial charge in [0.1, 0.15) is 5.69 Å². The van der Waals surface area contributed by atoms with Crippen LogP contribution in [0.4, 0.5) is 0 Å². The first-order valence-electron chi connectivity index (χ1n) is 7.20. The number of furan rings is 1. The van der Waals surface area contributed by atoms with Crippen molar-refractivity contribution in [3.05, 3.63) is 41.8 Å². The number of nitrogens with one attached hydrogen (secondary N) is 1. The van der Waals surface area contributed by atoms with E-state index >= 15 is 0 Å². The Balaban J connectivity index is 1.87. The fourth-order valence-electron chi connectivity index (χ4n) is 2.65. The van der Waals surface area contributed by atoms with Crippen LogP contribution in [0, 0.1) is 6.92 Å². The molecule has 1 amide bonds. The summed E-state index contributed by atoms with van der Waals surface area (Å²) >= 11 is 0. The number of carbonyl (C=O) groups excluding carboxylic acids is 1. The van der Waals surface area contributed by atoms with E-state index in [2.05, 4.69) is 17.2 Å². The van der Waals surface area contributed by atoms with E-state index < -0.39 is 0 Å². The van der Waals surface area contributed by atoms with Gasteiger partial charge in [-0.05, 0) is 38.1 Å². The first kappa shape index (κ1) is 13.8. The molecule has 110 valence electrons. The summed E-state index contributed by atoms with van der Waals surface area (Å²) in [4.78, 5) is 19.1. The molecule has 1 aliphatic rings. The number of aromatic nitrogens is 1. The predicted molar refractivity (Wildman–Crippen MR) is 80.0 cm³/mol. The van der Waals surface area contributed by atoms with Gasteiger partial charge in [0, 0.05) is 25.7 Å². The Morgan fingerprint density at radius 3 is 2.95 bits per heavy atom. The van der Waals surface area contributed by atoms with Crippen molar-refractivity contribution in [2.24, 2.45) is 0 Å². The molecule has 3 rings (SSSR count). The lowest BCUT2D eigenvalue weighted by molar-refractivity contribution is 0.0654. The molecule has 2 aromatic rings. The summed E-state index contributed by atoms with van der Waals surface area (Å²) in [5.41, 5.74) is 2.15. The van der Waals surface area contributed by atoms with Gasteiger partial charge < -0.3 is 14.6 Å². The van der Waals surface area contributed by atoms with E-state index in [-0.39, 0.29) is 11.9 Å². The van der Waals surface area contributed by atoms with Crippen LogP contribution >= 0.6 is 0 Å². The number of pyridine rings is 1. The van der Waals surface area contributed by atoms with Crippen molar-refractivity contribution < 1.29 is 9.21 Å². The van der Waals surface area contributed by atoms with Crippen LogP contribution in [0.5, 0.6) is 0 Å². The van der Waals surface area contributed by atoms with E-state index in [9.17, 15) is 4.79 Å². The molecule has 0 bridgehead atoms. The standard InChI is InChI=1S/C16H19N3O2/c1-11-10-17-7-8-19(11)16(20)13-5-6-14(18-12(13)2)15-4-3-9-21-15/h3-6,9,11,17H,7-8,10H2,1-2H3/t11-/m1/s1. The van der Waals surface area contributed by atoms with Crippen LogP contribution < -0.4 is 5.32 Å². The summed E-state index contributed by atoms with van der Waals surface area (Å²) in [7, 11) is 0. The van der Waals surface area contributed by atoms with E-state index in [1.165, 1.54) is 0 Å². The first-order chi connectivity index (χ1) is 10.2. The Hall–Kier alpha value is -2.14. The largest absolute Gasteiger partial charge is 0.463 e. The molecule has 5 heteroatoms. The fraction of sp³-hybridized carbons (Fsp3) is 0.375. The minimum absolute atomic E-state index is 0.0556. The smallest absolute Gasteiger partial charge is 0.256 e. The summed E-state index contributed by atoms with van der Waals surface area (Å²) in [6.45, 7) is 6.34. The van der Waals surface area contributed by atoms with E-state index in [0.717, 1.165) is 31.0 Å². The molecule has 1 N–H and O–H groups in total. The Bertz CT molecular complexity index is 637. The van der Waals surface area contributed by atoms with Crippen molar-refractivity contribution in [1.82, 2.24) is 15.2 Å². The lowest BCUT2D eigenvalue weighted by Crippen LogP contribution is -2.52. The highest BCUT2D eigenvalue weighted by molar-refractivity contribution is 5.95. The van der Waals surface area contributed by atoms with Gasteiger partial charge in [0.05, 0.1) is 17.5 Å². The van der Waals surface area contributed by atoms with Crippen molar-refractivity contribution in [2.45, 2.75) is 19.9 Å². The fourth-order valence-corrected chi connectivity index (χ4v) is 2.65. The van der Waals surface area contributed by atoms with Gasteiger partial charge in [-0.1, -0.05) is 0 Å². The van der Waals surface area contributed by atoms with Crippen LogP contribution in [-0.4, -0.2) is 41.5 Å². The van der Waals surface area contributed by atoms with Crippen LogP contribution in [0.3, 0.4) is 0 Å². The van der Waals surface area contributed by atoms with Gasteiger partial charge in [0.25, 0.3) is 5.91 Å². The zero-order chi connectivity index (χ0) is 14.8. The molecule has 2 aromatic heterocycles. The highest BCUT2D eigenvalue weighted by atomic mass is 16.3. The number of hydrogen-bond donors (Lipinski definition) is 1. The van der Waals surface area contributed by atoms with Crippen LogP contribution in [0.25, 0.3) is 11.5 Å². The van der Waals surface area contributed by atoms with Crippen molar-refractivity contribution in [1.29, 1.82) is 0 Å². The monoisotopic (exact) mass is 285 g/mol. The molecule has 1 saturated heterocycles. The van der Waals surface area contributed by atoms with Crippen LogP contribution in [0.2, 0.25) is 0 Å². The number of hydrogen-bond acceptors (Lipinski definition) is 4. The lowest BCUT2D eigenvalue weighted by Gasteiger charge is -2.34. The quantitative estimate of drug-likeness (QED) is 0.918. The van der Waals surface area contributed by atoms with Gasteiger partial charge in [-0.3, -0.25) is 4.79 Å². The highest BCUT2D eigenvalue weighted by Crippen LogP contribution is 2.20. The van der Waals surface area contributed by atoms with Gasteiger partial charge in [0.15, 0.2) is 5.76 Å². The highest BCUT2D eigenvalue weighted by Gasteiger charge is 2.25. The predicted octanol–water partition coefficient (Wildman–Crippen LogP) is 2.08. The molecular weight excluding hydrogens is 266 g/mol. The third kappa shape index (κ3) is 2.69. The van der Waals surface area contributed by atoms with E-state index in [0.29, 0.717) is 11.3 Å². The molecule has 0 saturated carbocycles. The summed E-state index contributed by atoms with van der Waals surface area (Å²) in [5, 5.41) is 3.29. The van der Waals surface area contributed by atoms with Crippen molar-refractivity contribution >= 4 is 5.91 Å². The van der Waals surface area contributed by atoms with E-state index in [1.807, 2.05) is 36.1 Å². The normalized spacial score (nSPS) is 18.8. The van der Waals surface area contributed by atoms with Crippen LogP contribution in [0.15, 0.2) is 34.9 Å². The van der Waals surface area contributed by atoms with Gasteiger partial charge in [0.2, 0.25) is 0 Å². The van der Waals surface area contributed by atoms with E-state index in [1.54, 1.807) is 6.26 Å². The third-order valence-electron chi connectivity index (χ3n) is 3.85. The molecule has 0 aliphatic carbocycles. The maximum Gasteiger partial charge on any atom is 0.256 e. The van der Waals surface area contributed by atoms with Gasteiger partial charge >= 0.3 is 0 Å². The Labute approximate surface area is 124 Å². The summed E-state index contributed by atoms with van der Waals surface area (Å²) in [6, 6.07) is 7.58. The molecule has 1 fully saturated rings. The van der Waals surface area contributed by atoms with E-state index in [4.69, 9.17) is 4.42 Å². The van der Waals surface area contributed by atoms with Crippen molar-refractivity contribution in [2.75, 3.05) is 19.6 Å². The number of rotatable bonds is 2. The van der Waals surface area contributed by atoms with Gasteiger partial charge in [-0.2, -0.15) is 0 Å². The summed E-state index contributed by atoms with van der Waals surface area (Å²) < 4.78 is 5.34. The zero-order valence-electron chi connectivity index (χ0n) is 12.3. The van der Waals surface area contributed by atoms with Crippen LogP contribution in [-0.2, 0) is 0 Å². The van der Waals surface area contributed by atoms with Gasteiger partial charge in [-0.15, -0.1) is 0 Å². The maximum atomic E-state index is 12.7. The molecular formula is C16H19N3O2. The van der Waals surface area contributed by atoms with Crippen molar-refractivity contribution in [3.63, 3.8) is 0 Å². The maximum absolute atomic E-state index is 12.7. The van der Waals surface area contributed by atoms with Crippen molar-refractivity contribution in [3.8, 4) is 11.5 Å². The molecule has 5 nitrogen and oxygen atoms in total. The Kier molecular flexibility index (Phi) is 3.75. The summed E-state index contributed by atoms with van der Waals surface area (Å²) in [5.74, 6) is 0.771. The lowest BCUT2D eigenvalue weighted by atomic mass is 10.1. The third-order valence-corrected chi connectivity index (χ3v) is 3.85. The minimum Gasteiger partial charge on any atom is -0.463 e. The second-order valence-electron chi connectivity index (χ2n) is 5.36. The first-order valence-corrected chi connectivity index (χ1v) is 7.20. The molecule has 0 radical (unpaired) electrons. The number of aryl methyl sites for hydroxylation is 1. The summed E-state index contributed by atoms with van der Waals surface area (Å²) in [6.07, 6.45) is 1.62. The average molecular weight is 285 g/mol. The average Bonchev–Trinajstić information content (AvgIpc) is 3.01. The SMILES string of the molecule is Cc1nc(-c2ccco2)ccc1C(=O)N1CCNC[C@H]1C. The van der Waals surface area contributed by atoms with Crippen LogP contribution in [0.1, 0.15) is 23.0 Å². The molecule has 0 aromatic carbocycles. The molecule has 0 spiro atoms. The zero-order valence-corrected chi connectivity index (χ0v) is 12.3. The molecule has 1 atom stereocenters. The Morgan fingerprint density at radius 1 is 1.43 bits per heavy atom. The molecule has 1 aliphatic heterocycles. The molecule has 0 unspecified atom stereocenters.